The second-order valence-corrected chi connectivity index (χ2v) is 4.97. The van der Waals surface area contributed by atoms with Crippen LogP contribution in [-0.2, 0) is 0 Å². The minimum Gasteiger partial charge on any atom is -0.451 e. The van der Waals surface area contributed by atoms with Gasteiger partial charge in [0.2, 0.25) is 0 Å². The van der Waals surface area contributed by atoms with E-state index in [0.29, 0.717) is 12.3 Å². The molecule has 1 amide bonds. The van der Waals surface area contributed by atoms with Crippen molar-refractivity contribution in [3.8, 4) is 0 Å². The Kier molecular flexibility index (Phi) is 3.33. The van der Waals surface area contributed by atoms with Gasteiger partial charge in [0.25, 0.3) is 5.91 Å². The maximum absolute atomic E-state index is 11.7. The number of fused-ring (bicyclic) bond motifs is 1. The second kappa shape index (κ2) is 4.75. The summed E-state index contributed by atoms with van der Waals surface area (Å²) in [4.78, 5) is 11.7. The Labute approximate surface area is 108 Å². The number of hydrogen-bond acceptors (Lipinski definition) is 2. The Hall–Kier alpha value is -1.55. The van der Waals surface area contributed by atoms with Gasteiger partial charge in [0.15, 0.2) is 5.76 Å². The van der Waals surface area contributed by atoms with Crippen LogP contribution in [-0.4, -0.2) is 12.5 Å². The van der Waals surface area contributed by atoms with Crippen LogP contribution < -0.4 is 5.32 Å². The molecule has 0 unspecified atom stereocenters. The lowest BCUT2D eigenvalue weighted by atomic mass is 10.2. The number of aryl methyl sites for hydroxylation is 1. The lowest BCUT2D eigenvalue weighted by molar-refractivity contribution is 0.0932. The average molecular weight is 294 g/mol. The number of nitrogens with one attached hydrogen (secondary N) is 1. The Bertz CT molecular complexity index is 586. The highest BCUT2D eigenvalue weighted by molar-refractivity contribution is 9.11. The number of carbonyl (C=O) groups is 1. The minimum absolute atomic E-state index is 0.237. The van der Waals surface area contributed by atoms with Crippen LogP contribution in [0.5, 0.6) is 0 Å². The number of hydrogen-bond donors (Lipinski definition) is 1. The molecule has 0 spiro atoms. The fourth-order valence-electron chi connectivity index (χ4n) is 1.54. The summed E-state index contributed by atoms with van der Waals surface area (Å²) in [7, 11) is 0. The standard InChI is InChI=1S/C13H12BrNO2/c1-8-3-4-11-10(5-8)6-12(17-11)13(16)15-7-9(2)14/h3-6H,2,7H2,1H3,(H,15,16). The topological polar surface area (TPSA) is 42.2 Å². The molecule has 1 aromatic carbocycles. The fourth-order valence-corrected chi connectivity index (χ4v) is 1.68. The van der Waals surface area contributed by atoms with Crippen molar-refractivity contribution in [2.45, 2.75) is 6.92 Å². The van der Waals surface area contributed by atoms with Crippen molar-refractivity contribution >= 4 is 32.8 Å². The van der Waals surface area contributed by atoms with Crippen LogP contribution in [0.3, 0.4) is 0 Å². The van der Waals surface area contributed by atoms with Gasteiger partial charge in [-0.25, -0.2) is 0 Å². The van der Waals surface area contributed by atoms with Crippen LogP contribution in [0.2, 0.25) is 0 Å². The first-order valence-corrected chi connectivity index (χ1v) is 5.97. The van der Waals surface area contributed by atoms with E-state index in [1.54, 1.807) is 6.07 Å². The zero-order valence-corrected chi connectivity index (χ0v) is 11.0. The highest BCUT2D eigenvalue weighted by atomic mass is 79.9. The lowest BCUT2D eigenvalue weighted by Gasteiger charge is -1.99. The van der Waals surface area contributed by atoms with Crippen molar-refractivity contribution in [1.29, 1.82) is 0 Å². The minimum atomic E-state index is -0.237. The molecule has 4 heteroatoms. The monoisotopic (exact) mass is 293 g/mol. The van der Waals surface area contributed by atoms with Crippen molar-refractivity contribution in [3.63, 3.8) is 0 Å². The molecule has 17 heavy (non-hydrogen) atoms. The average Bonchev–Trinajstić information content (AvgIpc) is 2.68. The third kappa shape index (κ3) is 2.77. The molecule has 3 nitrogen and oxygen atoms in total. The molecule has 0 radical (unpaired) electrons. The third-order valence-corrected chi connectivity index (χ3v) is 2.62. The number of amides is 1. The first-order valence-electron chi connectivity index (χ1n) is 5.18. The van der Waals surface area contributed by atoms with Crippen molar-refractivity contribution in [2.75, 3.05) is 6.54 Å². The molecule has 2 rings (SSSR count). The van der Waals surface area contributed by atoms with Gasteiger partial charge in [0, 0.05) is 16.4 Å². The molecule has 1 aromatic heterocycles. The summed E-state index contributed by atoms with van der Waals surface area (Å²) in [5.74, 6) is 0.0822. The molecular formula is C13H12BrNO2. The maximum Gasteiger partial charge on any atom is 0.287 e. The van der Waals surface area contributed by atoms with E-state index < -0.39 is 0 Å². The SMILES string of the molecule is C=C(Br)CNC(=O)c1cc2cc(C)ccc2o1. The summed E-state index contributed by atoms with van der Waals surface area (Å²) in [5, 5.41) is 3.63. The molecule has 1 N–H and O–H groups in total. The van der Waals surface area contributed by atoms with E-state index in [4.69, 9.17) is 4.42 Å². The van der Waals surface area contributed by atoms with E-state index in [1.165, 1.54) is 0 Å². The van der Waals surface area contributed by atoms with Crippen molar-refractivity contribution < 1.29 is 9.21 Å². The molecule has 2 aromatic rings. The second-order valence-electron chi connectivity index (χ2n) is 3.85. The van der Waals surface area contributed by atoms with Gasteiger partial charge in [0.1, 0.15) is 5.58 Å². The Balaban J connectivity index is 2.24. The summed E-state index contributed by atoms with van der Waals surface area (Å²) in [6.45, 7) is 6.03. The van der Waals surface area contributed by atoms with Crippen LogP contribution in [0.25, 0.3) is 11.0 Å². The van der Waals surface area contributed by atoms with Gasteiger partial charge < -0.3 is 9.73 Å². The molecule has 88 valence electrons. The van der Waals surface area contributed by atoms with Crippen molar-refractivity contribution in [1.82, 2.24) is 5.32 Å². The molecule has 0 fully saturated rings. The normalized spacial score (nSPS) is 10.5. The van der Waals surface area contributed by atoms with Gasteiger partial charge in [-0.1, -0.05) is 34.1 Å². The molecule has 0 bridgehead atoms. The first kappa shape index (κ1) is 11.9. The van der Waals surface area contributed by atoms with Gasteiger partial charge in [-0.3, -0.25) is 4.79 Å². The van der Waals surface area contributed by atoms with Gasteiger partial charge in [-0.15, -0.1) is 0 Å². The highest BCUT2D eigenvalue weighted by Crippen LogP contribution is 2.20. The zero-order chi connectivity index (χ0) is 12.4. The van der Waals surface area contributed by atoms with Crippen LogP contribution in [0.4, 0.5) is 0 Å². The van der Waals surface area contributed by atoms with Crippen LogP contribution in [0.1, 0.15) is 16.1 Å². The quantitative estimate of drug-likeness (QED) is 0.943. The van der Waals surface area contributed by atoms with Gasteiger partial charge in [-0.05, 0) is 25.1 Å². The van der Waals surface area contributed by atoms with E-state index in [9.17, 15) is 4.79 Å². The number of carbonyl (C=O) groups excluding carboxylic acids is 1. The molecule has 1 heterocycles. The summed E-state index contributed by atoms with van der Waals surface area (Å²) in [5.41, 5.74) is 1.86. The summed E-state index contributed by atoms with van der Waals surface area (Å²) in [6.07, 6.45) is 0. The number of benzene rings is 1. The van der Waals surface area contributed by atoms with E-state index in [-0.39, 0.29) is 5.91 Å². The number of halogens is 1. The first-order chi connectivity index (χ1) is 8.06. The number of rotatable bonds is 3. The molecule has 0 aliphatic rings. The van der Waals surface area contributed by atoms with Gasteiger partial charge >= 0.3 is 0 Å². The summed E-state index contributed by atoms with van der Waals surface area (Å²) >= 11 is 3.18. The molecular weight excluding hydrogens is 282 g/mol. The van der Waals surface area contributed by atoms with Crippen LogP contribution in [0, 0.1) is 6.92 Å². The summed E-state index contributed by atoms with van der Waals surface area (Å²) in [6, 6.07) is 7.55. The fraction of sp³-hybridized carbons (Fsp3) is 0.154. The van der Waals surface area contributed by atoms with E-state index >= 15 is 0 Å². The van der Waals surface area contributed by atoms with Crippen molar-refractivity contribution in [3.05, 3.63) is 46.7 Å². The Morgan fingerprint density at radius 3 is 2.94 bits per heavy atom. The van der Waals surface area contributed by atoms with Crippen molar-refractivity contribution in [2.24, 2.45) is 0 Å². The lowest BCUT2D eigenvalue weighted by Crippen LogP contribution is -2.23. The molecule has 0 saturated carbocycles. The smallest absolute Gasteiger partial charge is 0.287 e. The van der Waals surface area contributed by atoms with Crippen LogP contribution >= 0.6 is 15.9 Å². The predicted octanol–water partition coefficient (Wildman–Crippen LogP) is 3.38. The largest absolute Gasteiger partial charge is 0.451 e. The Morgan fingerprint density at radius 2 is 2.24 bits per heavy atom. The molecule has 0 aliphatic carbocycles. The third-order valence-electron chi connectivity index (χ3n) is 2.34. The Morgan fingerprint density at radius 1 is 1.47 bits per heavy atom. The number of furan rings is 1. The van der Waals surface area contributed by atoms with E-state index in [0.717, 1.165) is 21.0 Å². The maximum atomic E-state index is 11.7. The summed E-state index contributed by atoms with van der Waals surface area (Å²) < 4.78 is 6.18. The predicted molar refractivity (Wildman–Crippen MR) is 71.4 cm³/mol. The highest BCUT2D eigenvalue weighted by Gasteiger charge is 2.11. The molecule has 0 aliphatic heterocycles. The molecule has 0 atom stereocenters. The van der Waals surface area contributed by atoms with Gasteiger partial charge in [0.05, 0.1) is 0 Å². The zero-order valence-electron chi connectivity index (χ0n) is 9.42. The van der Waals surface area contributed by atoms with E-state index in [1.807, 2.05) is 25.1 Å². The van der Waals surface area contributed by atoms with Crippen LogP contribution in [0.15, 0.2) is 39.7 Å². The van der Waals surface area contributed by atoms with Gasteiger partial charge in [-0.2, -0.15) is 0 Å². The molecule has 0 saturated heterocycles. The van der Waals surface area contributed by atoms with E-state index in [2.05, 4.69) is 27.8 Å².